The van der Waals surface area contributed by atoms with Crippen LogP contribution in [0.4, 0.5) is 0 Å². The third-order valence-corrected chi connectivity index (χ3v) is 1.12. The van der Waals surface area contributed by atoms with E-state index in [0.29, 0.717) is 5.56 Å². The highest BCUT2D eigenvalue weighted by molar-refractivity contribution is 5.93. The zero-order valence-corrected chi connectivity index (χ0v) is 6.01. The lowest BCUT2D eigenvalue weighted by molar-refractivity contribution is 0.0953. The molecule has 1 heterocycles. The van der Waals surface area contributed by atoms with Crippen LogP contribution in [-0.2, 0) is 0 Å². The Morgan fingerprint density at radius 2 is 2.58 bits per heavy atom. The van der Waals surface area contributed by atoms with Crippen molar-refractivity contribution in [2.75, 3.05) is 0 Å². The van der Waals surface area contributed by atoms with E-state index >= 15 is 0 Å². The van der Waals surface area contributed by atoms with Crippen LogP contribution in [0.5, 0.6) is 0 Å². The number of hydrogen-bond donors (Lipinski definition) is 1. The van der Waals surface area contributed by atoms with Crippen molar-refractivity contribution in [3.8, 4) is 0 Å². The molecule has 0 fully saturated rings. The van der Waals surface area contributed by atoms with Crippen molar-refractivity contribution in [1.29, 1.82) is 0 Å². The fourth-order valence-corrected chi connectivity index (χ4v) is 0.629. The van der Waals surface area contributed by atoms with E-state index in [0.717, 1.165) is 0 Å². The molecule has 1 aromatic rings. The molecule has 1 amide bonds. The first-order valence-electron chi connectivity index (χ1n) is 3.09. The van der Waals surface area contributed by atoms with Crippen molar-refractivity contribution >= 4 is 5.91 Å². The van der Waals surface area contributed by atoms with Gasteiger partial charge in [-0.05, 0) is 17.4 Å². The standard InChI is InChI=1S/C6H5N5O/c7-10-11-9-6(12)5-2-1-3-8-4-5/h1-4H,(H,9,12). The minimum atomic E-state index is -0.471. The Morgan fingerprint density at radius 1 is 1.75 bits per heavy atom. The van der Waals surface area contributed by atoms with Gasteiger partial charge in [-0.3, -0.25) is 4.98 Å². The van der Waals surface area contributed by atoms with Crippen LogP contribution in [0, 0.1) is 0 Å². The van der Waals surface area contributed by atoms with Crippen LogP contribution in [0.2, 0.25) is 0 Å². The Morgan fingerprint density at radius 3 is 3.17 bits per heavy atom. The molecule has 0 aliphatic heterocycles. The van der Waals surface area contributed by atoms with Crippen LogP contribution in [0.15, 0.2) is 29.7 Å². The molecular weight excluding hydrogens is 158 g/mol. The summed E-state index contributed by atoms with van der Waals surface area (Å²) in [5, 5.41) is 2.90. The molecule has 0 unspecified atom stereocenters. The number of nitrogens with one attached hydrogen (secondary N) is 1. The summed E-state index contributed by atoms with van der Waals surface area (Å²) >= 11 is 0. The molecule has 0 saturated carbocycles. The predicted molar refractivity (Wildman–Crippen MR) is 40.8 cm³/mol. The predicted octanol–water partition coefficient (Wildman–Crippen LogP) is 1.04. The van der Waals surface area contributed by atoms with Crippen molar-refractivity contribution in [1.82, 2.24) is 10.4 Å². The SMILES string of the molecule is [N-]=[N+]=NNC(=O)c1cccnc1. The monoisotopic (exact) mass is 163 g/mol. The minimum absolute atomic E-state index is 0.352. The molecule has 0 bridgehead atoms. The van der Waals surface area contributed by atoms with E-state index in [9.17, 15) is 4.79 Å². The summed E-state index contributed by atoms with van der Waals surface area (Å²) in [6.07, 6.45) is 2.92. The molecule has 60 valence electrons. The fourth-order valence-electron chi connectivity index (χ4n) is 0.629. The molecule has 1 N–H and O–H groups in total. The Bertz CT molecular complexity index is 316. The first-order valence-corrected chi connectivity index (χ1v) is 3.09. The van der Waals surface area contributed by atoms with E-state index in [2.05, 4.69) is 15.1 Å². The lowest BCUT2D eigenvalue weighted by Crippen LogP contribution is -2.16. The highest BCUT2D eigenvalue weighted by Crippen LogP contribution is 1.94. The van der Waals surface area contributed by atoms with Crippen LogP contribution in [0.1, 0.15) is 10.4 Å². The van der Waals surface area contributed by atoms with Gasteiger partial charge in [0, 0.05) is 12.4 Å². The molecule has 1 aromatic heterocycles. The first-order chi connectivity index (χ1) is 5.84. The van der Waals surface area contributed by atoms with Gasteiger partial charge in [0.15, 0.2) is 0 Å². The van der Waals surface area contributed by atoms with Gasteiger partial charge in [0.1, 0.15) is 0 Å². The number of carbonyl (C=O) groups is 1. The molecule has 0 aromatic carbocycles. The normalized spacial score (nSPS) is 8.33. The van der Waals surface area contributed by atoms with Gasteiger partial charge in [-0.15, -0.1) is 5.53 Å². The molecule has 0 spiro atoms. The van der Waals surface area contributed by atoms with Gasteiger partial charge in [-0.25, -0.2) is 4.79 Å². The van der Waals surface area contributed by atoms with Crippen LogP contribution < -0.4 is 5.43 Å². The molecular formula is C6H5N5O. The maximum Gasteiger partial charge on any atom is 0.343 e. The Balaban J connectivity index is 2.72. The molecule has 0 atom stereocenters. The highest BCUT2D eigenvalue weighted by atomic mass is 16.2. The minimum Gasteiger partial charge on any atom is -0.264 e. The van der Waals surface area contributed by atoms with E-state index in [1.54, 1.807) is 18.3 Å². The summed E-state index contributed by atoms with van der Waals surface area (Å²) in [5.74, 6) is -0.471. The molecule has 6 nitrogen and oxygen atoms in total. The molecule has 12 heavy (non-hydrogen) atoms. The average Bonchev–Trinajstić information content (AvgIpc) is 2.15. The maximum absolute atomic E-state index is 11.0. The highest BCUT2D eigenvalue weighted by Gasteiger charge is 2.05. The molecule has 0 radical (unpaired) electrons. The number of hydrogen-bond acceptors (Lipinski definition) is 3. The van der Waals surface area contributed by atoms with Gasteiger partial charge in [0.05, 0.1) is 5.56 Å². The second kappa shape index (κ2) is 3.95. The van der Waals surface area contributed by atoms with Crippen LogP contribution in [0.3, 0.4) is 0 Å². The van der Waals surface area contributed by atoms with Crippen molar-refractivity contribution in [3.63, 3.8) is 0 Å². The van der Waals surface area contributed by atoms with Gasteiger partial charge in [0.25, 0.3) is 0 Å². The zero-order chi connectivity index (χ0) is 8.81. The van der Waals surface area contributed by atoms with Gasteiger partial charge < -0.3 is 0 Å². The fraction of sp³-hybridized carbons (Fsp3) is 0. The lowest BCUT2D eigenvalue weighted by Gasteiger charge is -1.91. The van der Waals surface area contributed by atoms with Gasteiger partial charge in [-0.1, -0.05) is 0 Å². The summed E-state index contributed by atoms with van der Waals surface area (Å²) in [7, 11) is 0. The maximum atomic E-state index is 11.0. The number of carbonyl (C=O) groups excluding carboxylic acids is 1. The summed E-state index contributed by atoms with van der Waals surface area (Å²) < 4.78 is 0. The van der Waals surface area contributed by atoms with Crippen LogP contribution in [0.25, 0.3) is 10.4 Å². The molecule has 0 aliphatic carbocycles. The Hall–Kier alpha value is -2.07. The second-order valence-electron chi connectivity index (χ2n) is 1.87. The average molecular weight is 163 g/mol. The van der Waals surface area contributed by atoms with E-state index in [1.165, 1.54) is 6.20 Å². The lowest BCUT2D eigenvalue weighted by atomic mass is 10.3. The zero-order valence-electron chi connectivity index (χ0n) is 6.01. The number of amides is 1. The van der Waals surface area contributed by atoms with E-state index < -0.39 is 5.91 Å². The number of nitrogens with zero attached hydrogens (tertiary/aromatic N) is 4. The van der Waals surface area contributed by atoms with Gasteiger partial charge >= 0.3 is 5.91 Å². The number of aromatic nitrogens is 1. The summed E-state index contributed by atoms with van der Waals surface area (Å²) in [6, 6.07) is 3.18. The summed E-state index contributed by atoms with van der Waals surface area (Å²) in [6.45, 7) is 0. The second-order valence-corrected chi connectivity index (χ2v) is 1.87. The number of azide groups is 1. The largest absolute Gasteiger partial charge is 0.343 e. The van der Waals surface area contributed by atoms with Crippen molar-refractivity contribution in [2.45, 2.75) is 0 Å². The first kappa shape index (κ1) is 8.03. The molecule has 6 heteroatoms. The summed E-state index contributed by atoms with van der Waals surface area (Å²) in [4.78, 5) is 17.1. The van der Waals surface area contributed by atoms with Crippen molar-refractivity contribution < 1.29 is 4.79 Å². The molecule has 1 rings (SSSR count). The topological polar surface area (TPSA) is 90.8 Å². The quantitative estimate of drug-likeness (QED) is 0.305. The summed E-state index contributed by atoms with van der Waals surface area (Å²) in [5.41, 5.74) is 10.2. The Labute approximate surface area is 67.8 Å². The number of pyridine rings is 1. The van der Waals surface area contributed by atoms with Gasteiger partial charge in [-0.2, -0.15) is 10.3 Å². The molecule has 0 saturated heterocycles. The van der Waals surface area contributed by atoms with Crippen LogP contribution in [-0.4, -0.2) is 10.9 Å². The van der Waals surface area contributed by atoms with Crippen LogP contribution >= 0.6 is 0 Å². The van der Waals surface area contributed by atoms with E-state index in [-0.39, 0.29) is 0 Å². The van der Waals surface area contributed by atoms with Crippen molar-refractivity contribution in [3.05, 3.63) is 40.5 Å². The van der Waals surface area contributed by atoms with Gasteiger partial charge in [0.2, 0.25) is 0 Å². The van der Waals surface area contributed by atoms with E-state index in [1.807, 2.05) is 5.43 Å². The number of rotatable bonds is 2. The third kappa shape index (κ3) is 1.96. The smallest absolute Gasteiger partial charge is 0.264 e. The Kier molecular flexibility index (Phi) is 2.64. The van der Waals surface area contributed by atoms with Crippen molar-refractivity contribution in [2.24, 2.45) is 5.22 Å². The third-order valence-electron chi connectivity index (χ3n) is 1.12. The van der Waals surface area contributed by atoms with E-state index in [4.69, 9.17) is 5.53 Å². The molecule has 0 aliphatic rings.